The van der Waals surface area contributed by atoms with Gasteiger partial charge < -0.3 is 14.2 Å². The third kappa shape index (κ3) is 2.98. The van der Waals surface area contributed by atoms with E-state index in [-0.39, 0.29) is 5.75 Å². The molecule has 3 heterocycles. The summed E-state index contributed by atoms with van der Waals surface area (Å²) >= 11 is 7.70. The molecule has 0 fully saturated rings. The van der Waals surface area contributed by atoms with E-state index in [1.165, 1.54) is 23.6 Å². The molecule has 9 heteroatoms. The highest BCUT2D eigenvalue weighted by Gasteiger charge is 2.20. The van der Waals surface area contributed by atoms with E-state index in [0.717, 1.165) is 10.2 Å². The van der Waals surface area contributed by atoms with Crippen LogP contribution in [-0.2, 0) is 0 Å². The molecule has 28 heavy (non-hydrogen) atoms. The molecule has 0 bridgehead atoms. The van der Waals surface area contributed by atoms with E-state index < -0.39 is 6.61 Å². The van der Waals surface area contributed by atoms with E-state index in [2.05, 4.69) is 14.7 Å². The van der Waals surface area contributed by atoms with Crippen molar-refractivity contribution in [2.24, 2.45) is 0 Å². The number of fused-ring (bicyclic) bond motifs is 4. The Hall–Kier alpha value is -2.71. The molecule has 0 amide bonds. The quantitative estimate of drug-likeness (QED) is 0.435. The lowest BCUT2D eigenvalue weighted by Gasteiger charge is -2.18. The van der Waals surface area contributed by atoms with Crippen molar-refractivity contribution in [1.82, 2.24) is 9.97 Å². The average Bonchev–Trinajstić information content (AvgIpc) is 3.11. The van der Waals surface area contributed by atoms with E-state index >= 15 is 0 Å². The Morgan fingerprint density at radius 3 is 2.86 bits per heavy atom. The second-order valence-electron chi connectivity index (χ2n) is 6.03. The van der Waals surface area contributed by atoms with E-state index in [1.54, 1.807) is 12.1 Å². The van der Waals surface area contributed by atoms with E-state index in [1.807, 2.05) is 12.1 Å². The molecule has 0 aliphatic carbocycles. The van der Waals surface area contributed by atoms with Crippen LogP contribution in [0.25, 0.3) is 31.7 Å². The standard InChI is InChI=1S/C19H11ClF2N2O3S/c20-10-5-9-6-11(27-19(21)22)8-23-15(9)12(7-10)18-24-13-1-2-14-16(17(13)28-18)26-4-3-25-14/h1-2,5-8,19H,3-4H2. The van der Waals surface area contributed by atoms with Gasteiger partial charge in [-0.1, -0.05) is 11.6 Å². The van der Waals surface area contributed by atoms with E-state index in [9.17, 15) is 8.78 Å². The van der Waals surface area contributed by atoms with Crippen LogP contribution in [0.4, 0.5) is 8.78 Å². The normalized spacial score (nSPS) is 13.4. The van der Waals surface area contributed by atoms with Crippen molar-refractivity contribution in [3.63, 3.8) is 0 Å². The molecule has 2 aromatic carbocycles. The Labute approximate surface area is 166 Å². The Bertz CT molecular complexity index is 1210. The van der Waals surface area contributed by atoms with Crippen LogP contribution in [0.5, 0.6) is 17.2 Å². The smallest absolute Gasteiger partial charge is 0.387 e. The molecule has 4 aromatic rings. The molecule has 5 nitrogen and oxygen atoms in total. The fraction of sp³-hybridized carbons (Fsp3) is 0.158. The number of aromatic nitrogens is 2. The number of rotatable bonds is 3. The van der Waals surface area contributed by atoms with Crippen molar-refractivity contribution < 1.29 is 23.0 Å². The SMILES string of the molecule is FC(F)Oc1cnc2c(-c3nc4ccc5c(c4s3)OCCO5)cc(Cl)cc2c1. The fourth-order valence-corrected chi connectivity index (χ4v) is 4.43. The zero-order chi connectivity index (χ0) is 19.3. The van der Waals surface area contributed by atoms with Gasteiger partial charge in [-0.05, 0) is 30.3 Å². The first-order valence-electron chi connectivity index (χ1n) is 8.32. The zero-order valence-electron chi connectivity index (χ0n) is 14.1. The number of benzene rings is 2. The summed E-state index contributed by atoms with van der Waals surface area (Å²) in [5, 5.41) is 1.72. The van der Waals surface area contributed by atoms with E-state index in [0.29, 0.717) is 51.2 Å². The minimum Gasteiger partial charge on any atom is -0.486 e. The predicted octanol–water partition coefficient (Wildman–Crippen LogP) is 5.54. The number of hydrogen-bond acceptors (Lipinski definition) is 6. The molecule has 1 aliphatic rings. The van der Waals surface area contributed by atoms with Crippen LogP contribution in [0.2, 0.25) is 5.02 Å². The first-order chi connectivity index (χ1) is 13.6. The third-order valence-corrected chi connectivity index (χ3v) is 5.56. The molecule has 0 saturated heterocycles. The minimum absolute atomic E-state index is 0.0281. The Morgan fingerprint density at radius 2 is 2.00 bits per heavy atom. The number of halogens is 3. The fourth-order valence-electron chi connectivity index (χ4n) is 3.13. The summed E-state index contributed by atoms with van der Waals surface area (Å²) < 4.78 is 41.7. The summed E-state index contributed by atoms with van der Waals surface area (Å²) in [6.45, 7) is -1.93. The summed E-state index contributed by atoms with van der Waals surface area (Å²) in [5.74, 6) is 1.34. The van der Waals surface area contributed by atoms with Gasteiger partial charge in [0.2, 0.25) is 0 Å². The molecule has 2 aromatic heterocycles. The minimum atomic E-state index is -2.92. The lowest BCUT2D eigenvalue weighted by Crippen LogP contribution is -2.15. The third-order valence-electron chi connectivity index (χ3n) is 4.24. The Morgan fingerprint density at radius 1 is 1.14 bits per heavy atom. The van der Waals surface area contributed by atoms with Crippen LogP contribution in [0.15, 0.2) is 36.5 Å². The van der Waals surface area contributed by atoms with Gasteiger partial charge in [-0.3, -0.25) is 4.98 Å². The van der Waals surface area contributed by atoms with Crippen molar-refractivity contribution >= 4 is 44.1 Å². The second kappa shape index (κ2) is 6.72. The highest BCUT2D eigenvalue weighted by molar-refractivity contribution is 7.22. The summed E-state index contributed by atoms with van der Waals surface area (Å²) in [7, 11) is 0. The molecule has 1 aliphatic heterocycles. The molecule has 142 valence electrons. The molecule has 5 rings (SSSR count). The largest absolute Gasteiger partial charge is 0.486 e. The van der Waals surface area contributed by atoms with Crippen molar-refractivity contribution in [3.05, 3.63) is 41.6 Å². The van der Waals surface area contributed by atoms with Gasteiger partial charge in [0, 0.05) is 16.0 Å². The molecular weight excluding hydrogens is 410 g/mol. The van der Waals surface area contributed by atoms with Gasteiger partial charge in [-0.2, -0.15) is 8.78 Å². The first kappa shape index (κ1) is 17.4. The van der Waals surface area contributed by atoms with Gasteiger partial charge in [0.1, 0.15) is 28.7 Å². The van der Waals surface area contributed by atoms with Gasteiger partial charge in [0.25, 0.3) is 0 Å². The van der Waals surface area contributed by atoms with Crippen LogP contribution in [0.1, 0.15) is 0 Å². The Balaban J connectivity index is 1.68. The maximum absolute atomic E-state index is 12.5. The topological polar surface area (TPSA) is 53.5 Å². The molecule has 0 saturated carbocycles. The monoisotopic (exact) mass is 420 g/mol. The highest BCUT2D eigenvalue weighted by Crippen LogP contribution is 2.44. The van der Waals surface area contributed by atoms with Crippen LogP contribution >= 0.6 is 22.9 Å². The lowest BCUT2D eigenvalue weighted by atomic mass is 10.1. The average molecular weight is 421 g/mol. The number of hydrogen-bond donors (Lipinski definition) is 0. The number of alkyl halides is 2. The van der Waals surface area contributed by atoms with Crippen LogP contribution < -0.4 is 14.2 Å². The number of nitrogens with zero attached hydrogens (tertiary/aromatic N) is 2. The summed E-state index contributed by atoms with van der Waals surface area (Å²) in [6, 6.07) is 8.60. The van der Waals surface area contributed by atoms with Crippen molar-refractivity contribution in [2.75, 3.05) is 13.2 Å². The molecular formula is C19H11ClF2N2O3S. The van der Waals surface area contributed by atoms with E-state index in [4.69, 9.17) is 21.1 Å². The molecule has 0 unspecified atom stereocenters. The number of thiazole rings is 1. The summed E-state index contributed by atoms with van der Waals surface area (Å²) in [5.41, 5.74) is 2.07. The zero-order valence-corrected chi connectivity index (χ0v) is 15.7. The molecule has 0 spiro atoms. The molecule has 0 N–H and O–H groups in total. The Kier molecular flexibility index (Phi) is 4.17. The summed E-state index contributed by atoms with van der Waals surface area (Å²) in [6.07, 6.45) is 1.26. The van der Waals surface area contributed by atoms with Gasteiger partial charge in [-0.15, -0.1) is 11.3 Å². The summed E-state index contributed by atoms with van der Waals surface area (Å²) in [4.78, 5) is 8.99. The molecule has 0 atom stereocenters. The number of pyridine rings is 1. The highest BCUT2D eigenvalue weighted by atomic mass is 35.5. The van der Waals surface area contributed by atoms with Crippen LogP contribution in [0, 0.1) is 0 Å². The maximum atomic E-state index is 12.5. The van der Waals surface area contributed by atoms with Gasteiger partial charge in [0.05, 0.1) is 17.2 Å². The number of ether oxygens (including phenoxy) is 3. The van der Waals surface area contributed by atoms with Gasteiger partial charge in [0.15, 0.2) is 11.5 Å². The molecule has 0 radical (unpaired) electrons. The van der Waals surface area contributed by atoms with Crippen molar-refractivity contribution in [1.29, 1.82) is 0 Å². The van der Waals surface area contributed by atoms with Crippen molar-refractivity contribution in [3.8, 4) is 27.8 Å². The van der Waals surface area contributed by atoms with Crippen LogP contribution in [-0.4, -0.2) is 29.8 Å². The van der Waals surface area contributed by atoms with Crippen LogP contribution in [0.3, 0.4) is 0 Å². The second-order valence-corrected chi connectivity index (χ2v) is 7.47. The first-order valence-corrected chi connectivity index (χ1v) is 9.51. The van der Waals surface area contributed by atoms with Gasteiger partial charge in [-0.25, -0.2) is 4.98 Å². The lowest BCUT2D eigenvalue weighted by molar-refractivity contribution is -0.0499. The van der Waals surface area contributed by atoms with Gasteiger partial charge >= 0.3 is 6.61 Å². The maximum Gasteiger partial charge on any atom is 0.387 e. The predicted molar refractivity (Wildman–Crippen MR) is 103 cm³/mol. The van der Waals surface area contributed by atoms with Crippen molar-refractivity contribution in [2.45, 2.75) is 6.61 Å².